The summed E-state index contributed by atoms with van der Waals surface area (Å²) in [5.74, 6) is -1.85. The van der Waals surface area contributed by atoms with E-state index < -0.39 is 43.2 Å². The maximum absolute atomic E-state index is 12.4. The number of pyridine rings is 1. The minimum Gasteiger partial charge on any atom is -0.478 e. The summed E-state index contributed by atoms with van der Waals surface area (Å²) in [6, 6.07) is 2.23. The number of alkyl halides is 3. The summed E-state index contributed by atoms with van der Waals surface area (Å²) in [6.45, 7) is -2.42. The molecular formula is C10H10ClF3N2O3. The Balaban J connectivity index is 3.20. The Morgan fingerprint density at radius 2 is 2.05 bits per heavy atom. The summed E-state index contributed by atoms with van der Waals surface area (Å²) in [6.07, 6.45) is -4.56. The van der Waals surface area contributed by atoms with Crippen molar-refractivity contribution in [3.05, 3.63) is 22.8 Å². The molecule has 0 saturated carbocycles. The number of aliphatic hydroxyl groups excluding tert-OH is 1. The molecule has 0 atom stereocenters. The molecule has 2 N–H and O–H groups in total. The van der Waals surface area contributed by atoms with Gasteiger partial charge in [-0.3, -0.25) is 0 Å². The van der Waals surface area contributed by atoms with Crippen molar-refractivity contribution in [3.63, 3.8) is 0 Å². The van der Waals surface area contributed by atoms with Crippen LogP contribution in [0.5, 0.6) is 0 Å². The van der Waals surface area contributed by atoms with Gasteiger partial charge in [0, 0.05) is 6.54 Å². The second kappa shape index (κ2) is 6.07. The van der Waals surface area contributed by atoms with E-state index in [0.29, 0.717) is 4.90 Å². The van der Waals surface area contributed by atoms with E-state index in [1.807, 2.05) is 0 Å². The first-order valence-corrected chi connectivity index (χ1v) is 5.45. The number of rotatable bonds is 5. The highest BCUT2D eigenvalue weighted by molar-refractivity contribution is 6.29. The van der Waals surface area contributed by atoms with Crippen LogP contribution < -0.4 is 4.90 Å². The van der Waals surface area contributed by atoms with Crippen molar-refractivity contribution in [2.45, 2.75) is 6.18 Å². The maximum atomic E-state index is 12.4. The van der Waals surface area contributed by atoms with Gasteiger partial charge in [0.05, 0.1) is 6.61 Å². The fourth-order valence-corrected chi connectivity index (χ4v) is 1.57. The van der Waals surface area contributed by atoms with Crippen LogP contribution in [0.1, 0.15) is 10.4 Å². The number of anilines is 1. The third-order valence-electron chi connectivity index (χ3n) is 2.11. The molecule has 1 rings (SSSR count). The molecule has 9 heteroatoms. The quantitative estimate of drug-likeness (QED) is 0.811. The van der Waals surface area contributed by atoms with Crippen LogP contribution >= 0.6 is 11.6 Å². The van der Waals surface area contributed by atoms with Crippen molar-refractivity contribution in [3.8, 4) is 0 Å². The standard InChI is InChI=1S/C10H10ClF3N2O3/c11-7-2-1-6(9(18)19)8(15-7)16(3-4-17)5-10(12,13)14/h1-2,17H,3-5H2,(H,18,19). The van der Waals surface area contributed by atoms with Gasteiger partial charge < -0.3 is 15.1 Å². The van der Waals surface area contributed by atoms with E-state index in [9.17, 15) is 18.0 Å². The smallest absolute Gasteiger partial charge is 0.405 e. The van der Waals surface area contributed by atoms with Gasteiger partial charge in [-0.15, -0.1) is 0 Å². The summed E-state index contributed by atoms with van der Waals surface area (Å²) in [5, 5.41) is 17.6. The lowest BCUT2D eigenvalue weighted by Crippen LogP contribution is -2.37. The molecule has 106 valence electrons. The third kappa shape index (κ3) is 4.56. The molecule has 1 heterocycles. The number of nitrogens with zero attached hydrogens (tertiary/aromatic N) is 2. The second-order valence-electron chi connectivity index (χ2n) is 3.57. The summed E-state index contributed by atoms with van der Waals surface area (Å²) in [4.78, 5) is 15.2. The molecule has 0 saturated heterocycles. The summed E-state index contributed by atoms with van der Waals surface area (Å²) in [5.41, 5.74) is -0.415. The molecule has 0 bridgehead atoms. The number of halogens is 4. The Morgan fingerprint density at radius 1 is 1.42 bits per heavy atom. The average molecular weight is 299 g/mol. The van der Waals surface area contributed by atoms with Gasteiger partial charge in [0.2, 0.25) is 0 Å². The molecule has 0 aliphatic heterocycles. The van der Waals surface area contributed by atoms with Gasteiger partial charge in [-0.1, -0.05) is 11.6 Å². The van der Waals surface area contributed by atoms with E-state index in [0.717, 1.165) is 6.07 Å². The van der Waals surface area contributed by atoms with Crippen LogP contribution in [0.2, 0.25) is 5.15 Å². The highest BCUT2D eigenvalue weighted by Gasteiger charge is 2.32. The molecule has 0 radical (unpaired) electrons. The van der Waals surface area contributed by atoms with Crippen molar-refractivity contribution in [1.29, 1.82) is 0 Å². The van der Waals surface area contributed by atoms with Crippen molar-refractivity contribution in [1.82, 2.24) is 4.98 Å². The Bertz CT molecular complexity index is 468. The van der Waals surface area contributed by atoms with E-state index in [1.165, 1.54) is 6.07 Å². The van der Waals surface area contributed by atoms with Gasteiger partial charge in [-0.25, -0.2) is 9.78 Å². The van der Waals surface area contributed by atoms with Crippen molar-refractivity contribution in [2.24, 2.45) is 0 Å². The van der Waals surface area contributed by atoms with Crippen LogP contribution in [0, 0.1) is 0 Å². The first-order valence-electron chi connectivity index (χ1n) is 5.07. The fraction of sp³-hybridized carbons (Fsp3) is 0.400. The molecule has 0 fully saturated rings. The van der Waals surface area contributed by atoms with E-state index in [1.54, 1.807) is 0 Å². The molecule has 0 unspecified atom stereocenters. The van der Waals surface area contributed by atoms with E-state index >= 15 is 0 Å². The van der Waals surface area contributed by atoms with Crippen LogP contribution in [-0.4, -0.2) is 47.0 Å². The number of carbonyl (C=O) groups is 1. The predicted octanol–water partition coefficient (Wildman–Crippen LogP) is 1.79. The SMILES string of the molecule is O=C(O)c1ccc(Cl)nc1N(CCO)CC(F)(F)F. The summed E-state index contributed by atoms with van der Waals surface area (Å²) >= 11 is 5.56. The zero-order chi connectivity index (χ0) is 14.6. The lowest BCUT2D eigenvalue weighted by atomic mass is 10.2. The van der Waals surface area contributed by atoms with E-state index in [4.69, 9.17) is 21.8 Å². The zero-order valence-electron chi connectivity index (χ0n) is 9.48. The largest absolute Gasteiger partial charge is 0.478 e. The number of hydrogen-bond donors (Lipinski definition) is 2. The Labute approximate surface area is 111 Å². The van der Waals surface area contributed by atoms with Crippen molar-refractivity contribution in [2.75, 3.05) is 24.6 Å². The van der Waals surface area contributed by atoms with Crippen molar-refractivity contribution < 1.29 is 28.2 Å². The summed E-state index contributed by atoms with van der Waals surface area (Å²) < 4.78 is 37.2. The molecule has 0 aliphatic rings. The normalized spacial score (nSPS) is 11.4. The fourth-order valence-electron chi connectivity index (χ4n) is 1.43. The minimum atomic E-state index is -4.56. The second-order valence-corrected chi connectivity index (χ2v) is 3.96. The van der Waals surface area contributed by atoms with Gasteiger partial charge in [0.15, 0.2) is 0 Å². The minimum absolute atomic E-state index is 0.134. The molecule has 0 aromatic carbocycles. The highest BCUT2D eigenvalue weighted by atomic mass is 35.5. The first-order chi connectivity index (χ1) is 8.74. The molecule has 5 nitrogen and oxygen atoms in total. The molecule has 0 amide bonds. The molecule has 1 aromatic rings. The van der Waals surface area contributed by atoms with Crippen LogP contribution in [0.25, 0.3) is 0 Å². The van der Waals surface area contributed by atoms with Gasteiger partial charge >= 0.3 is 12.1 Å². The van der Waals surface area contributed by atoms with Gasteiger partial charge in [0.25, 0.3) is 0 Å². The van der Waals surface area contributed by atoms with Crippen LogP contribution in [0.3, 0.4) is 0 Å². The average Bonchev–Trinajstić information content (AvgIpc) is 2.26. The lowest BCUT2D eigenvalue weighted by Gasteiger charge is -2.25. The van der Waals surface area contributed by atoms with Crippen molar-refractivity contribution >= 4 is 23.4 Å². The number of carboxylic acid groups (broad SMARTS) is 1. The predicted molar refractivity (Wildman–Crippen MR) is 61.6 cm³/mol. The van der Waals surface area contributed by atoms with Crippen LogP contribution in [0.4, 0.5) is 19.0 Å². The first kappa shape index (κ1) is 15.5. The maximum Gasteiger partial charge on any atom is 0.405 e. The summed E-state index contributed by atoms with van der Waals surface area (Å²) in [7, 11) is 0. The van der Waals surface area contributed by atoms with Gasteiger partial charge in [-0.05, 0) is 12.1 Å². The van der Waals surface area contributed by atoms with E-state index in [-0.39, 0.29) is 5.15 Å². The number of aromatic nitrogens is 1. The molecule has 19 heavy (non-hydrogen) atoms. The lowest BCUT2D eigenvalue weighted by molar-refractivity contribution is -0.120. The topological polar surface area (TPSA) is 73.7 Å². The number of aromatic carboxylic acids is 1. The van der Waals surface area contributed by atoms with Crippen LogP contribution in [-0.2, 0) is 0 Å². The van der Waals surface area contributed by atoms with Gasteiger partial charge in [0.1, 0.15) is 23.1 Å². The Hall–Kier alpha value is -1.54. The molecule has 0 spiro atoms. The Morgan fingerprint density at radius 3 is 2.53 bits per heavy atom. The van der Waals surface area contributed by atoms with E-state index in [2.05, 4.69) is 4.98 Å². The Kier molecular flexibility index (Phi) is 4.96. The molecular weight excluding hydrogens is 289 g/mol. The third-order valence-corrected chi connectivity index (χ3v) is 2.32. The highest BCUT2D eigenvalue weighted by Crippen LogP contribution is 2.25. The number of carboxylic acids is 1. The molecule has 1 aromatic heterocycles. The monoisotopic (exact) mass is 298 g/mol. The van der Waals surface area contributed by atoms with Gasteiger partial charge in [-0.2, -0.15) is 13.2 Å². The number of hydrogen-bond acceptors (Lipinski definition) is 4. The zero-order valence-corrected chi connectivity index (χ0v) is 10.2. The number of aliphatic hydroxyl groups is 1. The molecule has 0 aliphatic carbocycles. The van der Waals surface area contributed by atoms with Crippen LogP contribution in [0.15, 0.2) is 12.1 Å².